The highest BCUT2D eigenvalue weighted by atomic mass is 19.4. The molecule has 0 aliphatic carbocycles. The van der Waals surface area contributed by atoms with E-state index in [-0.39, 0.29) is 16.9 Å². The van der Waals surface area contributed by atoms with Gasteiger partial charge >= 0.3 is 6.18 Å². The van der Waals surface area contributed by atoms with Gasteiger partial charge in [-0.25, -0.2) is 9.37 Å². The molecule has 2 rings (SSSR count). The number of anilines is 1. The van der Waals surface area contributed by atoms with Crippen molar-refractivity contribution in [2.75, 3.05) is 12.4 Å². The second-order valence-electron chi connectivity index (χ2n) is 3.82. The number of pyridine rings is 1. The summed E-state index contributed by atoms with van der Waals surface area (Å²) in [6.07, 6.45) is -4.55. The molecule has 0 unspecified atom stereocenters. The lowest BCUT2D eigenvalue weighted by molar-refractivity contribution is -0.141. The van der Waals surface area contributed by atoms with E-state index in [1.165, 1.54) is 31.3 Å². The molecule has 1 heterocycles. The third-order valence-electron chi connectivity index (χ3n) is 2.58. The first-order valence-corrected chi connectivity index (χ1v) is 5.44. The van der Waals surface area contributed by atoms with E-state index in [0.29, 0.717) is 0 Å². The van der Waals surface area contributed by atoms with Gasteiger partial charge in [0.1, 0.15) is 5.69 Å². The zero-order valence-electron chi connectivity index (χ0n) is 9.92. The van der Waals surface area contributed by atoms with Crippen LogP contribution in [-0.4, -0.2) is 12.0 Å². The van der Waals surface area contributed by atoms with E-state index < -0.39 is 17.7 Å². The Kier molecular flexibility index (Phi) is 3.42. The summed E-state index contributed by atoms with van der Waals surface area (Å²) in [5.74, 6) is -0.628. The van der Waals surface area contributed by atoms with Crippen molar-refractivity contribution in [1.82, 2.24) is 4.98 Å². The number of aromatic nitrogens is 1. The Labute approximate surface area is 107 Å². The molecule has 0 aliphatic rings. The Hall–Kier alpha value is -2.11. The molecule has 100 valence electrons. The molecule has 1 N–H and O–H groups in total. The third-order valence-corrected chi connectivity index (χ3v) is 2.58. The smallest absolute Gasteiger partial charge is 0.386 e. The number of nitrogens with zero attached hydrogens (tertiary/aromatic N) is 1. The lowest BCUT2D eigenvalue weighted by Gasteiger charge is -2.10. The van der Waals surface area contributed by atoms with E-state index in [1.807, 2.05) is 0 Å². The Balaban J connectivity index is 2.54. The summed E-state index contributed by atoms with van der Waals surface area (Å²) in [4.78, 5) is 3.46. The molecule has 1 aromatic carbocycles. The highest BCUT2D eigenvalue weighted by molar-refractivity contribution is 5.66. The number of halogens is 4. The molecule has 2 nitrogen and oxygen atoms in total. The van der Waals surface area contributed by atoms with E-state index in [0.717, 1.165) is 6.07 Å². The molecule has 1 aromatic heterocycles. The van der Waals surface area contributed by atoms with Gasteiger partial charge in [-0.1, -0.05) is 12.1 Å². The molecule has 0 fully saturated rings. The first kappa shape index (κ1) is 13.3. The van der Waals surface area contributed by atoms with Gasteiger partial charge in [0, 0.05) is 12.6 Å². The van der Waals surface area contributed by atoms with Crippen LogP contribution in [0, 0.1) is 5.82 Å². The third kappa shape index (κ3) is 2.67. The van der Waals surface area contributed by atoms with Crippen LogP contribution in [0.1, 0.15) is 5.69 Å². The average Bonchev–Trinajstić information content (AvgIpc) is 2.38. The molecular formula is C13H10F4N2. The fraction of sp³-hybridized carbons (Fsp3) is 0.154. The van der Waals surface area contributed by atoms with Crippen LogP contribution in [0.3, 0.4) is 0 Å². The Bertz CT molecular complexity index is 593. The number of hydrogen-bond acceptors (Lipinski definition) is 2. The zero-order valence-corrected chi connectivity index (χ0v) is 9.92. The fourth-order valence-corrected chi connectivity index (χ4v) is 1.67. The van der Waals surface area contributed by atoms with Crippen LogP contribution in [0.15, 0.2) is 36.4 Å². The molecule has 0 amide bonds. The minimum atomic E-state index is -4.55. The lowest BCUT2D eigenvalue weighted by atomic mass is 10.1. The predicted octanol–water partition coefficient (Wildman–Crippen LogP) is 3.95. The molecule has 0 atom stereocenters. The largest absolute Gasteiger partial charge is 0.433 e. The number of alkyl halides is 3. The van der Waals surface area contributed by atoms with Crippen molar-refractivity contribution >= 4 is 5.69 Å². The normalized spacial score (nSPS) is 11.4. The molecular weight excluding hydrogens is 260 g/mol. The minimum Gasteiger partial charge on any atom is -0.386 e. The van der Waals surface area contributed by atoms with Gasteiger partial charge in [0.25, 0.3) is 0 Å². The van der Waals surface area contributed by atoms with Crippen molar-refractivity contribution in [2.45, 2.75) is 6.18 Å². The molecule has 0 radical (unpaired) electrons. The summed E-state index contributed by atoms with van der Waals surface area (Å²) in [5.41, 5.74) is -0.863. The Morgan fingerprint density at radius 3 is 2.37 bits per heavy atom. The first-order valence-electron chi connectivity index (χ1n) is 5.44. The van der Waals surface area contributed by atoms with Crippen molar-refractivity contribution in [3.05, 3.63) is 47.9 Å². The quantitative estimate of drug-likeness (QED) is 0.836. The van der Waals surface area contributed by atoms with Crippen molar-refractivity contribution in [3.8, 4) is 11.3 Å². The molecule has 0 spiro atoms. The van der Waals surface area contributed by atoms with E-state index in [1.54, 1.807) is 6.07 Å². The lowest BCUT2D eigenvalue weighted by Crippen LogP contribution is -2.08. The summed E-state index contributed by atoms with van der Waals surface area (Å²) in [6, 6.07) is 7.82. The van der Waals surface area contributed by atoms with E-state index >= 15 is 0 Å². The number of rotatable bonds is 2. The van der Waals surface area contributed by atoms with Gasteiger partial charge in [0.2, 0.25) is 0 Å². The van der Waals surface area contributed by atoms with Crippen LogP contribution in [0.25, 0.3) is 11.3 Å². The van der Waals surface area contributed by atoms with Gasteiger partial charge in [0.15, 0.2) is 5.82 Å². The monoisotopic (exact) mass is 270 g/mol. The van der Waals surface area contributed by atoms with Crippen molar-refractivity contribution in [1.29, 1.82) is 0 Å². The number of nitrogens with one attached hydrogen (secondary N) is 1. The van der Waals surface area contributed by atoms with Crippen LogP contribution in [0.2, 0.25) is 0 Å². The Morgan fingerprint density at radius 1 is 1.05 bits per heavy atom. The highest BCUT2D eigenvalue weighted by Gasteiger charge is 2.32. The summed E-state index contributed by atoms with van der Waals surface area (Å²) >= 11 is 0. The standard InChI is InChI=1S/C13H10F4N2/c1-18-10-6-2-4-8(12(10)14)9-5-3-7-11(19-9)13(15,16)17/h2-7,18H,1H3. The maximum absolute atomic E-state index is 14.0. The van der Waals surface area contributed by atoms with Crippen LogP contribution in [-0.2, 0) is 6.18 Å². The Morgan fingerprint density at radius 2 is 1.74 bits per heavy atom. The van der Waals surface area contributed by atoms with Crippen LogP contribution in [0.5, 0.6) is 0 Å². The molecule has 0 saturated heterocycles. The molecule has 2 aromatic rings. The fourth-order valence-electron chi connectivity index (χ4n) is 1.67. The van der Waals surface area contributed by atoms with Crippen molar-refractivity contribution in [3.63, 3.8) is 0 Å². The second-order valence-corrected chi connectivity index (χ2v) is 3.82. The molecule has 0 aliphatic heterocycles. The highest BCUT2D eigenvalue weighted by Crippen LogP contribution is 2.31. The predicted molar refractivity (Wildman–Crippen MR) is 64.2 cm³/mol. The van der Waals surface area contributed by atoms with Gasteiger partial charge in [-0.3, -0.25) is 0 Å². The van der Waals surface area contributed by atoms with E-state index in [2.05, 4.69) is 10.3 Å². The van der Waals surface area contributed by atoms with Gasteiger partial charge in [-0.05, 0) is 24.3 Å². The minimum absolute atomic E-state index is 0.0259. The van der Waals surface area contributed by atoms with Gasteiger partial charge in [-0.15, -0.1) is 0 Å². The molecule has 19 heavy (non-hydrogen) atoms. The summed E-state index contributed by atoms with van der Waals surface area (Å²) in [5, 5.41) is 2.63. The summed E-state index contributed by atoms with van der Waals surface area (Å²) < 4.78 is 51.7. The number of benzene rings is 1. The molecule has 0 bridgehead atoms. The maximum atomic E-state index is 14.0. The SMILES string of the molecule is CNc1cccc(-c2cccc(C(F)(F)F)n2)c1F. The average molecular weight is 270 g/mol. The van der Waals surface area contributed by atoms with Crippen LogP contribution >= 0.6 is 0 Å². The second kappa shape index (κ2) is 4.87. The van der Waals surface area contributed by atoms with Gasteiger partial charge in [-0.2, -0.15) is 13.2 Å². The van der Waals surface area contributed by atoms with E-state index in [9.17, 15) is 17.6 Å². The maximum Gasteiger partial charge on any atom is 0.433 e. The summed E-state index contributed by atoms with van der Waals surface area (Å²) in [7, 11) is 1.53. The van der Waals surface area contributed by atoms with Gasteiger partial charge < -0.3 is 5.32 Å². The van der Waals surface area contributed by atoms with Crippen molar-refractivity contribution in [2.24, 2.45) is 0 Å². The van der Waals surface area contributed by atoms with Crippen molar-refractivity contribution < 1.29 is 17.6 Å². The molecule has 6 heteroatoms. The summed E-state index contributed by atoms with van der Waals surface area (Å²) in [6.45, 7) is 0. The number of hydrogen-bond donors (Lipinski definition) is 1. The van der Waals surface area contributed by atoms with Crippen LogP contribution < -0.4 is 5.32 Å². The van der Waals surface area contributed by atoms with Crippen LogP contribution in [0.4, 0.5) is 23.2 Å². The topological polar surface area (TPSA) is 24.9 Å². The van der Waals surface area contributed by atoms with Gasteiger partial charge in [0.05, 0.1) is 11.4 Å². The first-order chi connectivity index (χ1) is 8.93. The molecule has 0 saturated carbocycles. The zero-order chi connectivity index (χ0) is 14.0. The van der Waals surface area contributed by atoms with E-state index in [4.69, 9.17) is 0 Å².